The fourth-order valence-electron chi connectivity index (χ4n) is 3.86. The number of aromatic nitrogens is 2. The number of carbonyl (C=O) groups is 3. The van der Waals surface area contributed by atoms with Crippen molar-refractivity contribution in [3.8, 4) is 11.4 Å². The molecule has 1 aromatic carbocycles. The van der Waals surface area contributed by atoms with E-state index < -0.39 is 12.1 Å². The molecule has 0 saturated carbocycles. The maximum atomic E-state index is 12.4. The highest BCUT2D eigenvalue weighted by molar-refractivity contribution is 6.04. The molecule has 2 aromatic rings. The van der Waals surface area contributed by atoms with E-state index in [2.05, 4.69) is 21.0 Å². The monoisotopic (exact) mass is 397 g/mol. The van der Waals surface area contributed by atoms with Crippen molar-refractivity contribution in [2.45, 2.75) is 44.2 Å². The summed E-state index contributed by atoms with van der Waals surface area (Å²) in [7, 11) is 1.63. The Bertz CT molecular complexity index is 937. The molecule has 1 aromatic heterocycles. The van der Waals surface area contributed by atoms with Crippen LogP contribution in [0.25, 0.3) is 5.69 Å². The van der Waals surface area contributed by atoms with Gasteiger partial charge in [-0.1, -0.05) is 0 Å². The van der Waals surface area contributed by atoms with Crippen molar-refractivity contribution in [3.63, 3.8) is 0 Å². The molecule has 2 atom stereocenters. The number of methoxy groups -OCH3 is 1. The van der Waals surface area contributed by atoms with Gasteiger partial charge >= 0.3 is 6.03 Å². The molecule has 0 bridgehead atoms. The molecule has 1 aliphatic heterocycles. The van der Waals surface area contributed by atoms with Gasteiger partial charge in [0.2, 0.25) is 5.91 Å². The number of hydrogen-bond donors (Lipinski definition) is 3. The van der Waals surface area contributed by atoms with Gasteiger partial charge in [-0.3, -0.25) is 14.9 Å². The highest BCUT2D eigenvalue weighted by Gasteiger charge is 2.30. The number of ether oxygens (including phenoxy) is 1. The molecule has 4 rings (SSSR count). The number of nitrogens with one attached hydrogen (secondary N) is 3. The lowest BCUT2D eigenvalue weighted by molar-refractivity contribution is -0.122. The molecule has 3 N–H and O–H groups in total. The summed E-state index contributed by atoms with van der Waals surface area (Å²) in [4.78, 5) is 35.2. The van der Waals surface area contributed by atoms with E-state index in [0.717, 1.165) is 42.0 Å². The molecule has 0 unspecified atom stereocenters. The predicted molar refractivity (Wildman–Crippen MR) is 104 cm³/mol. The molecule has 9 heteroatoms. The Morgan fingerprint density at radius 3 is 2.79 bits per heavy atom. The molecule has 4 amide bonds. The molecule has 2 aliphatic rings. The Hall–Kier alpha value is -3.36. The minimum Gasteiger partial charge on any atom is -0.497 e. The van der Waals surface area contributed by atoms with Crippen molar-refractivity contribution in [3.05, 3.63) is 41.7 Å². The maximum absolute atomic E-state index is 12.4. The van der Waals surface area contributed by atoms with Crippen LogP contribution in [0.5, 0.6) is 5.75 Å². The van der Waals surface area contributed by atoms with Gasteiger partial charge in [-0.05, 0) is 49.9 Å². The molecule has 1 saturated heterocycles. The van der Waals surface area contributed by atoms with Crippen LogP contribution in [0.3, 0.4) is 0 Å². The number of rotatable bonds is 6. The second-order valence-corrected chi connectivity index (χ2v) is 7.22. The van der Waals surface area contributed by atoms with Crippen molar-refractivity contribution >= 4 is 17.8 Å². The first-order chi connectivity index (χ1) is 14.0. The van der Waals surface area contributed by atoms with Gasteiger partial charge in [0.05, 0.1) is 25.0 Å². The average molecular weight is 397 g/mol. The lowest BCUT2D eigenvalue weighted by atomic mass is 9.92. The van der Waals surface area contributed by atoms with Gasteiger partial charge in [0.1, 0.15) is 11.8 Å². The molecule has 0 radical (unpaired) electrons. The van der Waals surface area contributed by atoms with Gasteiger partial charge in [-0.2, -0.15) is 5.10 Å². The quantitative estimate of drug-likeness (QED) is 0.637. The normalized spacial score (nSPS) is 20.6. The van der Waals surface area contributed by atoms with E-state index >= 15 is 0 Å². The number of nitrogens with zero attached hydrogens (tertiary/aromatic N) is 2. The van der Waals surface area contributed by atoms with Gasteiger partial charge in [0.25, 0.3) is 5.91 Å². The Balaban J connectivity index is 1.42. The summed E-state index contributed by atoms with van der Waals surface area (Å²) in [5.41, 5.74) is 3.06. The summed E-state index contributed by atoms with van der Waals surface area (Å²) in [6.07, 6.45) is 4.93. The zero-order valence-corrected chi connectivity index (χ0v) is 16.1. The first kappa shape index (κ1) is 19.0. The maximum Gasteiger partial charge on any atom is 0.322 e. The number of fused-ring (bicyclic) bond motifs is 1. The van der Waals surface area contributed by atoms with Crippen LogP contribution in [0.2, 0.25) is 0 Å². The van der Waals surface area contributed by atoms with Crippen molar-refractivity contribution in [2.24, 2.45) is 0 Å². The zero-order chi connectivity index (χ0) is 20.4. The summed E-state index contributed by atoms with van der Waals surface area (Å²) < 4.78 is 7.12. The Kier molecular flexibility index (Phi) is 5.20. The van der Waals surface area contributed by atoms with Gasteiger partial charge in [0, 0.05) is 17.7 Å². The Morgan fingerprint density at radius 2 is 2.10 bits per heavy atom. The fourth-order valence-corrected chi connectivity index (χ4v) is 3.86. The van der Waals surface area contributed by atoms with E-state index in [-0.39, 0.29) is 30.7 Å². The molecule has 9 nitrogen and oxygen atoms in total. The number of imide groups is 1. The zero-order valence-electron chi connectivity index (χ0n) is 16.1. The minimum atomic E-state index is -0.645. The summed E-state index contributed by atoms with van der Waals surface area (Å²) in [5, 5.41) is 12.3. The molecular weight excluding hydrogens is 374 g/mol. The Labute approximate surface area is 167 Å². The average Bonchev–Trinajstić information content (AvgIpc) is 3.29. The SMILES string of the molecule is COc1ccc(-n2ncc3c2CCC[C@H]3NC(=O)CC[C@H]2NC(=O)NC2=O)cc1. The van der Waals surface area contributed by atoms with Crippen LogP contribution in [-0.2, 0) is 16.0 Å². The summed E-state index contributed by atoms with van der Waals surface area (Å²) in [6, 6.07) is 6.43. The predicted octanol–water partition coefficient (Wildman–Crippen LogP) is 1.36. The molecule has 2 heterocycles. The highest BCUT2D eigenvalue weighted by atomic mass is 16.5. The summed E-state index contributed by atoms with van der Waals surface area (Å²) >= 11 is 0. The number of carbonyl (C=O) groups excluding carboxylic acids is 3. The van der Waals surface area contributed by atoms with Crippen molar-refractivity contribution < 1.29 is 19.1 Å². The van der Waals surface area contributed by atoms with Crippen LogP contribution >= 0.6 is 0 Å². The van der Waals surface area contributed by atoms with Crippen LogP contribution in [0, 0.1) is 0 Å². The second-order valence-electron chi connectivity index (χ2n) is 7.22. The smallest absolute Gasteiger partial charge is 0.322 e. The number of amides is 4. The molecule has 1 aliphatic carbocycles. The second kappa shape index (κ2) is 7.94. The van der Waals surface area contributed by atoms with Crippen molar-refractivity contribution in [1.82, 2.24) is 25.7 Å². The van der Waals surface area contributed by atoms with E-state index in [1.807, 2.05) is 35.1 Å². The standard InChI is InChI=1S/C20H23N5O4/c1-29-13-7-5-12(6-8-13)25-17-4-2-3-15(14(17)11-21-25)22-18(26)10-9-16-19(27)24-20(28)23-16/h5-8,11,15-16H,2-4,9-10H2,1H3,(H,22,26)(H2,23,24,27,28)/t15-,16-/m1/s1. The van der Waals surface area contributed by atoms with Gasteiger partial charge in [-0.25, -0.2) is 9.48 Å². The van der Waals surface area contributed by atoms with E-state index in [1.54, 1.807) is 7.11 Å². The van der Waals surface area contributed by atoms with Gasteiger partial charge < -0.3 is 15.4 Å². The first-order valence-electron chi connectivity index (χ1n) is 9.67. The third-order valence-corrected chi connectivity index (χ3v) is 5.35. The lowest BCUT2D eigenvalue weighted by Crippen LogP contribution is -2.34. The van der Waals surface area contributed by atoms with Crippen molar-refractivity contribution in [2.75, 3.05) is 7.11 Å². The number of hydrogen-bond acceptors (Lipinski definition) is 5. The van der Waals surface area contributed by atoms with Crippen LogP contribution < -0.4 is 20.7 Å². The lowest BCUT2D eigenvalue weighted by Gasteiger charge is -2.24. The largest absolute Gasteiger partial charge is 0.497 e. The molecule has 152 valence electrons. The van der Waals surface area contributed by atoms with Crippen LogP contribution in [0.1, 0.15) is 43.0 Å². The van der Waals surface area contributed by atoms with Crippen molar-refractivity contribution in [1.29, 1.82) is 0 Å². The summed E-state index contributed by atoms with van der Waals surface area (Å²) in [6.45, 7) is 0. The van der Waals surface area contributed by atoms with Crippen LogP contribution in [0.15, 0.2) is 30.5 Å². The molecule has 0 spiro atoms. The van der Waals surface area contributed by atoms with Gasteiger partial charge in [0.15, 0.2) is 0 Å². The van der Waals surface area contributed by atoms with Gasteiger partial charge in [-0.15, -0.1) is 0 Å². The van der Waals surface area contributed by atoms with E-state index in [1.165, 1.54) is 0 Å². The summed E-state index contributed by atoms with van der Waals surface area (Å²) in [5.74, 6) is 0.254. The fraction of sp³-hybridized carbons (Fsp3) is 0.400. The third kappa shape index (κ3) is 3.94. The van der Waals surface area contributed by atoms with E-state index in [4.69, 9.17) is 4.74 Å². The third-order valence-electron chi connectivity index (χ3n) is 5.35. The molecule has 1 fully saturated rings. The van der Waals surface area contributed by atoms with Crippen LogP contribution in [-0.4, -0.2) is 40.8 Å². The first-order valence-corrected chi connectivity index (χ1v) is 9.67. The van der Waals surface area contributed by atoms with E-state index in [0.29, 0.717) is 0 Å². The Morgan fingerprint density at radius 1 is 1.31 bits per heavy atom. The number of benzene rings is 1. The molecular formula is C20H23N5O4. The number of urea groups is 1. The van der Waals surface area contributed by atoms with Crippen LogP contribution in [0.4, 0.5) is 4.79 Å². The molecule has 29 heavy (non-hydrogen) atoms. The highest BCUT2D eigenvalue weighted by Crippen LogP contribution is 2.31. The minimum absolute atomic E-state index is 0.106. The van der Waals surface area contributed by atoms with E-state index in [9.17, 15) is 14.4 Å². The topological polar surface area (TPSA) is 114 Å².